The summed E-state index contributed by atoms with van der Waals surface area (Å²) in [5.41, 5.74) is 2.42. The standard InChI is InChI=1S/C13H14O2/c1-9(15)11-5-6-13(10-3-2-4-10)12(7-11)8-14/h5-8,10H,2-4H2,1H3. The van der Waals surface area contributed by atoms with Gasteiger partial charge in [0.2, 0.25) is 0 Å². The molecule has 2 nitrogen and oxygen atoms in total. The van der Waals surface area contributed by atoms with E-state index in [-0.39, 0.29) is 5.78 Å². The maximum absolute atomic E-state index is 11.2. The third kappa shape index (κ3) is 1.84. The monoisotopic (exact) mass is 202 g/mol. The molecule has 2 rings (SSSR count). The minimum atomic E-state index is 0.0123. The first-order valence-electron chi connectivity index (χ1n) is 5.32. The van der Waals surface area contributed by atoms with E-state index in [0.717, 1.165) is 11.8 Å². The van der Waals surface area contributed by atoms with E-state index in [4.69, 9.17) is 0 Å². The van der Waals surface area contributed by atoms with Gasteiger partial charge in [-0.1, -0.05) is 18.6 Å². The van der Waals surface area contributed by atoms with Crippen LogP contribution in [0.2, 0.25) is 0 Å². The van der Waals surface area contributed by atoms with Crippen LogP contribution in [0.25, 0.3) is 0 Å². The lowest BCUT2D eigenvalue weighted by Crippen LogP contribution is -2.11. The fourth-order valence-corrected chi connectivity index (χ4v) is 1.99. The molecular formula is C13H14O2. The summed E-state index contributed by atoms with van der Waals surface area (Å²) in [7, 11) is 0. The van der Waals surface area contributed by atoms with Crippen molar-refractivity contribution in [2.75, 3.05) is 0 Å². The smallest absolute Gasteiger partial charge is 0.159 e. The van der Waals surface area contributed by atoms with E-state index in [9.17, 15) is 9.59 Å². The Labute approximate surface area is 89.3 Å². The Bertz CT molecular complexity index is 403. The van der Waals surface area contributed by atoms with E-state index in [0.29, 0.717) is 17.0 Å². The van der Waals surface area contributed by atoms with Crippen molar-refractivity contribution in [1.82, 2.24) is 0 Å². The van der Waals surface area contributed by atoms with Crippen molar-refractivity contribution in [1.29, 1.82) is 0 Å². The van der Waals surface area contributed by atoms with Crippen molar-refractivity contribution >= 4 is 12.1 Å². The molecule has 1 aromatic carbocycles. The first-order valence-corrected chi connectivity index (χ1v) is 5.32. The topological polar surface area (TPSA) is 34.1 Å². The van der Waals surface area contributed by atoms with Gasteiger partial charge in [-0.2, -0.15) is 0 Å². The summed E-state index contributed by atoms with van der Waals surface area (Å²) in [6.07, 6.45) is 4.44. The third-order valence-electron chi connectivity index (χ3n) is 3.17. The van der Waals surface area contributed by atoms with Crippen molar-refractivity contribution in [2.24, 2.45) is 0 Å². The molecule has 0 atom stereocenters. The molecule has 1 aliphatic rings. The van der Waals surface area contributed by atoms with E-state index in [1.54, 1.807) is 6.07 Å². The lowest BCUT2D eigenvalue weighted by atomic mass is 9.78. The second-order valence-electron chi connectivity index (χ2n) is 4.15. The molecule has 0 saturated heterocycles. The second-order valence-corrected chi connectivity index (χ2v) is 4.15. The van der Waals surface area contributed by atoms with E-state index in [1.165, 1.54) is 26.2 Å². The van der Waals surface area contributed by atoms with Crippen LogP contribution in [0.5, 0.6) is 0 Å². The van der Waals surface area contributed by atoms with Crippen LogP contribution in [0.1, 0.15) is 58.4 Å². The summed E-state index contributed by atoms with van der Waals surface area (Å²) >= 11 is 0. The molecule has 0 unspecified atom stereocenters. The van der Waals surface area contributed by atoms with Crippen LogP contribution >= 0.6 is 0 Å². The lowest BCUT2D eigenvalue weighted by molar-refractivity contribution is 0.101. The Balaban J connectivity index is 2.38. The van der Waals surface area contributed by atoms with Crippen LogP contribution in [-0.2, 0) is 0 Å². The van der Waals surface area contributed by atoms with E-state index >= 15 is 0 Å². The van der Waals surface area contributed by atoms with E-state index in [1.807, 2.05) is 12.1 Å². The van der Waals surface area contributed by atoms with Crippen LogP contribution < -0.4 is 0 Å². The van der Waals surface area contributed by atoms with Crippen molar-refractivity contribution in [3.8, 4) is 0 Å². The highest BCUT2D eigenvalue weighted by Gasteiger charge is 2.22. The molecule has 0 amide bonds. The van der Waals surface area contributed by atoms with E-state index in [2.05, 4.69) is 0 Å². The zero-order valence-corrected chi connectivity index (χ0v) is 8.82. The molecular weight excluding hydrogens is 188 g/mol. The molecule has 0 heterocycles. The van der Waals surface area contributed by atoms with Crippen molar-refractivity contribution in [3.63, 3.8) is 0 Å². The fraction of sp³-hybridized carbons (Fsp3) is 0.385. The molecule has 2 heteroatoms. The molecule has 1 aromatic rings. The zero-order chi connectivity index (χ0) is 10.8. The molecule has 0 spiro atoms. The van der Waals surface area contributed by atoms with Crippen LogP contribution in [0.15, 0.2) is 18.2 Å². The highest BCUT2D eigenvalue weighted by atomic mass is 16.1. The second kappa shape index (κ2) is 3.97. The third-order valence-corrected chi connectivity index (χ3v) is 3.17. The molecule has 0 N–H and O–H groups in total. The molecule has 0 aromatic heterocycles. The number of hydrogen-bond donors (Lipinski definition) is 0. The largest absolute Gasteiger partial charge is 0.298 e. The first kappa shape index (κ1) is 10.1. The van der Waals surface area contributed by atoms with Crippen LogP contribution in [0.3, 0.4) is 0 Å². The summed E-state index contributed by atoms with van der Waals surface area (Å²) in [5.74, 6) is 0.546. The Morgan fingerprint density at radius 2 is 2.13 bits per heavy atom. The number of ketones is 1. The normalized spacial score (nSPS) is 15.8. The van der Waals surface area contributed by atoms with Crippen molar-refractivity contribution in [3.05, 3.63) is 34.9 Å². The van der Waals surface area contributed by atoms with Gasteiger partial charge >= 0.3 is 0 Å². The molecule has 1 saturated carbocycles. The van der Waals surface area contributed by atoms with Crippen LogP contribution in [-0.4, -0.2) is 12.1 Å². The fourth-order valence-electron chi connectivity index (χ4n) is 1.99. The zero-order valence-electron chi connectivity index (χ0n) is 8.82. The minimum absolute atomic E-state index is 0.0123. The summed E-state index contributed by atoms with van der Waals surface area (Å²) in [4.78, 5) is 22.1. The number of carbonyl (C=O) groups is 2. The Morgan fingerprint density at radius 1 is 1.40 bits per heavy atom. The number of hydrogen-bond acceptors (Lipinski definition) is 2. The number of benzene rings is 1. The maximum Gasteiger partial charge on any atom is 0.159 e. The average molecular weight is 202 g/mol. The van der Waals surface area contributed by atoms with Gasteiger partial charge in [-0.3, -0.25) is 9.59 Å². The summed E-state index contributed by atoms with van der Waals surface area (Å²) < 4.78 is 0. The Kier molecular flexibility index (Phi) is 2.67. The van der Waals surface area contributed by atoms with Crippen molar-refractivity contribution in [2.45, 2.75) is 32.1 Å². The number of carbonyl (C=O) groups excluding carboxylic acids is 2. The van der Waals surface area contributed by atoms with Crippen LogP contribution in [0, 0.1) is 0 Å². The predicted molar refractivity (Wildman–Crippen MR) is 58.4 cm³/mol. The molecule has 1 fully saturated rings. The highest BCUT2D eigenvalue weighted by Crippen LogP contribution is 2.37. The minimum Gasteiger partial charge on any atom is -0.298 e. The Morgan fingerprint density at radius 3 is 2.60 bits per heavy atom. The van der Waals surface area contributed by atoms with Gasteiger partial charge in [-0.25, -0.2) is 0 Å². The molecule has 0 bridgehead atoms. The van der Waals surface area contributed by atoms with Gasteiger partial charge in [0.05, 0.1) is 0 Å². The van der Waals surface area contributed by atoms with Crippen molar-refractivity contribution < 1.29 is 9.59 Å². The molecule has 15 heavy (non-hydrogen) atoms. The van der Waals surface area contributed by atoms with Gasteiger partial charge in [-0.05, 0) is 37.3 Å². The lowest BCUT2D eigenvalue weighted by Gasteiger charge is -2.27. The van der Waals surface area contributed by atoms with Gasteiger partial charge in [0, 0.05) is 11.1 Å². The van der Waals surface area contributed by atoms with Gasteiger partial charge in [0.15, 0.2) is 5.78 Å². The molecule has 78 valence electrons. The SMILES string of the molecule is CC(=O)c1ccc(C2CCC2)c(C=O)c1. The predicted octanol–water partition coefficient (Wildman–Crippen LogP) is 2.97. The average Bonchev–Trinajstić information content (AvgIpc) is 2.15. The van der Waals surface area contributed by atoms with Gasteiger partial charge in [0.25, 0.3) is 0 Å². The summed E-state index contributed by atoms with van der Waals surface area (Å²) in [5, 5.41) is 0. The highest BCUT2D eigenvalue weighted by molar-refractivity contribution is 5.96. The molecule has 0 radical (unpaired) electrons. The number of aldehydes is 1. The number of Topliss-reactive ketones (excluding diaryl/α,β-unsaturated/α-hetero) is 1. The van der Waals surface area contributed by atoms with E-state index < -0.39 is 0 Å². The van der Waals surface area contributed by atoms with Crippen LogP contribution in [0.4, 0.5) is 0 Å². The summed E-state index contributed by atoms with van der Waals surface area (Å²) in [6.45, 7) is 1.52. The Hall–Kier alpha value is -1.44. The van der Waals surface area contributed by atoms with Gasteiger partial charge in [0.1, 0.15) is 6.29 Å². The van der Waals surface area contributed by atoms with Gasteiger partial charge in [-0.15, -0.1) is 0 Å². The van der Waals surface area contributed by atoms with Gasteiger partial charge < -0.3 is 0 Å². The maximum atomic E-state index is 11.2. The first-order chi connectivity index (χ1) is 7.22. The molecule has 0 aliphatic heterocycles. The number of rotatable bonds is 3. The quantitative estimate of drug-likeness (QED) is 0.557. The summed E-state index contributed by atoms with van der Waals surface area (Å²) in [6, 6.07) is 5.47. The molecule has 1 aliphatic carbocycles.